The van der Waals surface area contributed by atoms with Crippen LogP contribution in [0.2, 0.25) is 0 Å². The molecule has 0 bridgehead atoms. The van der Waals surface area contributed by atoms with E-state index in [1.165, 1.54) is 0 Å². The Morgan fingerprint density at radius 2 is 1.94 bits per heavy atom. The molecule has 2 heterocycles. The molecule has 2 rings (SSSR count). The highest BCUT2D eigenvalue weighted by Gasteiger charge is 2.06. The summed E-state index contributed by atoms with van der Waals surface area (Å²) in [6, 6.07) is 9.41. The van der Waals surface area contributed by atoms with Crippen molar-refractivity contribution in [3.63, 3.8) is 0 Å². The van der Waals surface area contributed by atoms with Gasteiger partial charge >= 0.3 is 0 Å². The first-order valence-corrected chi connectivity index (χ1v) is 5.55. The van der Waals surface area contributed by atoms with Gasteiger partial charge in [-0.2, -0.15) is 0 Å². The second kappa shape index (κ2) is 6.08. The van der Waals surface area contributed by atoms with Crippen molar-refractivity contribution in [2.24, 2.45) is 0 Å². The Bertz CT molecular complexity index is 433. The van der Waals surface area contributed by atoms with Crippen LogP contribution < -0.4 is 5.32 Å². The lowest BCUT2D eigenvalue weighted by Gasteiger charge is -2.11. The molecule has 17 heavy (non-hydrogen) atoms. The number of rotatable bonds is 5. The molecule has 0 aliphatic carbocycles. The van der Waals surface area contributed by atoms with Gasteiger partial charge in [0.25, 0.3) is 0 Å². The quantitative estimate of drug-likeness (QED) is 0.811. The molecule has 2 aromatic rings. The third-order valence-corrected chi connectivity index (χ3v) is 2.45. The molecule has 2 aromatic heterocycles. The van der Waals surface area contributed by atoms with Crippen molar-refractivity contribution in [3.05, 3.63) is 60.2 Å². The number of hydrogen-bond acceptors (Lipinski definition) is 4. The van der Waals surface area contributed by atoms with Crippen LogP contribution in [0.25, 0.3) is 0 Å². The summed E-state index contributed by atoms with van der Waals surface area (Å²) in [7, 11) is 0. The van der Waals surface area contributed by atoms with Crippen molar-refractivity contribution in [2.45, 2.75) is 12.6 Å². The maximum absolute atomic E-state index is 9.86. The van der Waals surface area contributed by atoms with E-state index in [0.29, 0.717) is 18.8 Å². The molecule has 0 aliphatic rings. The van der Waals surface area contributed by atoms with Gasteiger partial charge in [-0.3, -0.25) is 9.97 Å². The number of pyridine rings is 2. The molecule has 2 N–H and O–H groups in total. The van der Waals surface area contributed by atoms with Gasteiger partial charge in [-0.25, -0.2) is 0 Å². The summed E-state index contributed by atoms with van der Waals surface area (Å²) in [4.78, 5) is 8.05. The summed E-state index contributed by atoms with van der Waals surface area (Å²) < 4.78 is 0. The van der Waals surface area contributed by atoms with Crippen LogP contribution in [-0.2, 0) is 6.54 Å². The molecule has 0 aliphatic heterocycles. The third-order valence-electron chi connectivity index (χ3n) is 2.45. The predicted molar refractivity (Wildman–Crippen MR) is 65.1 cm³/mol. The summed E-state index contributed by atoms with van der Waals surface area (Å²) >= 11 is 0. The predicted octanol–water partition coefficient (Wildman–Crippen LogP) is 1.30. The lowest BCUT2D eigenvalue weighted by Crippen LogP contribution is -2.21. The molecule has 88 valence electrons. The monoisotopic (exact) mass is 229 g/mol. The van der Waals surface area contributed by atoms with Crippen LogP contribution in [0, 0.1) is 0 Å². The zero-order valence-corrected chi connectivity index (χ0v) is 9.45. The molecule has 0 saturated carbocycles. The summed E-state index contributed by atoms with van der Waals surface area (Å²) in [5, 5.41) is 13.0. The molecule has 4 nitrogen and oxygen atoms in total. The standard InChI is InChI=1S/C13H15N3O/c17-13(12-3-1-2-6-16-12)10-15-9-11-4-7-14-8-5-11/h1-8,13,15,17H,9-10H2. The number of aliphatic hydroxyl groups excluding tert-OH is 1. The van der Waals surface area contributed by atoms with Gasteiger partial charge in [-0.05, 0) is 29.8 Å². The van der Waals surface area contributed by atoms with E-state index in [0.717, 1.165) is 5.56 Å². The molecule has 0 fully saturated rings. The van der Waals surface area contributed by atoms with Gasteiger partial charge in [0, 0.05) is 31.7 Å². The van der Waals surface area contributed by atoms with Crippen molar-refractivity contribution >= 4 is 0 Å². The van der Waals surface area contributed by atoms with Gasteiger partial charge in [-0.1, -0.05) is 6.07 Å². The molecule has 0 radical (unpaired) electrons. The summed E-state index contributed by atoms with van der Waals surface area (Å²) in [6.07, 6.45) is 4.62. The van der Waals surface area contributed by atoms with Crippen LogP contribution in [-0.4, -0.2) is 21.6 Å². The fraction of sp³-hybridized carbons (Fsp3) is 0.231. The average Bonchev–Trinajstić information content (AvgIpc) is 2.41. The summed E-state index contributed by atoms with van der Waals surface area (Å²) in [5.74, 6) is 0. The topological polar surface area (TPSA) is 58.0 Å². The number of aliphatic hydroxyl groups is 1. The van der Waals surface area contributed by atoms with E-state index in [9.17, 15) is 5.11 Å². The highest BCUT2D eigenvalue weighted by atomic mass is 16.3. The van der Waals surface area contributed by atoms with Crippen molar-refractivity contribution in [2.75, 3.05) is 6.54 Å². The van der Waals surface area contributed by atoms with E-state index in [-0.39, 0.29) is 0 Å². The van der Waals surface area contributed by atoms with E-state index in [2.05, 4.69) is 15.3 Å². The minimum atomic E-state index is -0.571. The van der Waals surface area contributed by atoms with Gasteiger partial charge in [0.15, 0.2) is 0 Å². The van der Waals surface area contributed by atoms with Gasteiger partial charge in [-0.15, -0.1) is 0 Å². The fourth-order valence-corrected chi connectivity index (χ4v) is 1.53. The Morgan fingerprint density at radius 1 is 1.12 bits per heavy atom. The highest BCUT2D eigenvalue weighted by Crippen LogP contribution is 2.07. The zero-order chi connectivity index (χ0) is 11.9. The zero-order valence-electron chi connectivity index (χ0n) is 9.45. The highest BCUT2D eigenvalue weighted by molar-refractivity contribution is 5.10. The van der Waals surface area contributed by atoms with Crippen molar-refractivity contribution in [3.8, 4) is 0 Å². The Balaban J connectivity index is 1.79. The Hall–Kier alpha value is -1.78. The molecule has 1 atom stereocenters. The number of nitrogens with zero attached hydrogens (tertiary/aromatic N) is 2. The van der Waals surface area contributed by atoms with Crippen molar-refractivity contribution in [1.82, 2.24) is 15.3 Å². The number of hydrogen-bond donors (Lipinski definition) is 2. The van der Waals surface area contributed by atoms with E-state index in [1.54, 1.807) is 18.6 Å². The lowest BCUT2D eigenvalue weighted by molar-refractivity contribution is 0.169. The van der Waals surface area contributed by atoms with Gasteiger partial charge in [0.05, 0.1) is 5.69 Å². The number of aromatic nitrogens is 2. The molecule has 0 amide bonds. The van der Waals surface area contributed by atoms with E-state index in [4.69, 9.17) is 0 Å². The second-order valence-corrected chi connectivity index (χ2v) is 3.76. The van der Waals surface area contributed by atoms with Crippen LogP contribution in [0.1, 0.15) is 17.4 Å². The van der Waals surface area contributed by atoms with E-state index < -0.39 is 6.10 Å². The minimum Gasteiger partial charge on any atom is -0.385 e. The lowest BCUT2D eigenvalue weighted by atomic mass is 10.2. The van der Waals surface area contributed by atoms with Crippen LogP contribution in [0.5, 0.6) is 0 Å². The minimum absolute atomic E-state index is 0.485. The molecule has 1 unspecified atom stereocenters. The Morgan fingerprint density at radius 3 is 2.65 bits per heavy atom. The van der Waals surface area contributed by atoms with E-state index in [1.807, 2.05) is 30.3 Å². The molecule has 0 aromatic carbocycles. The number of nitrogens with one attached hydrogen (secondary N) is 1. The molecular formula is C13H15N3O. The van der Waals surface area contributed by atoms with Crippen LogP contribution >= 0.6 is 0 Å². The summed E-state index contributed by atoms with van der Waals surface area (Å²) in [5.41, 5.74) is 1.84. The normalized spacial score (nSPS) is 12.3. The Kier molecular flexibility index (Phi) is 4.18. The van der Waals surface area contributed by atoms with Crippen LogP contribution in [0.4, 0.5) is 0 Å². The van der Waals surface area contributed by atoms with Crippen molar-refractivity contribution in [1.29, 1.82) is 0 Å². The fourth-order valence-electron chi connectivity index (χ4n) is 1.53. The maximum Gasteiger partial charge on any atom is 0.108 e. The third kappa shape index (κ3) is 3.62. The molecule has 4 heteroatoms. The van der Waals surface area contributed by atoms with Crippen LogP contribution in [0.3, 0.4) is 0 Å². The SMILES string of the molecule is OC(CNCc1ccncc1)c1ccccn1. The average molecular weight is 229 g/mol. The first kappa shape index (κ1) is 11.7. The molecular weight excluding hydrogens is 214 g/mol. The largest absolute Gasteiger partial charge is 0.385 e. The smallest absolute Gasteiger partial charge is 0.108 e. The van der Waals surface area contributed by atoms with Crippen molar-refractivity contribution < 1.29 is 5.11 Å². The van der Waals surface area contributed by atoms with Gasteiger partial charge in [0.1, 0.15) is 6.10 Å². The van der Waals surface area contributed by atoms with Gasteiger partial charge < -0.3 is 10.4 Å². The maximum atomic E-state index is 9.86. The van der Waals surface area contributed by atoms with E-state index >= 15 is 0 Å². The first-order valence-electron chi connectivity index (χ1n) is 5.55. The van der Waals surface area contributed by atoms with Gasteiger partial charge in [0.2, 0.25) is 0 Å². The van der Waals surface area contributed by atoms with Crippen LogP contribution in [0.15, 0.2) is 48.9 Å². The molecule has 0 saturated heterocycles. The summed E-state index contributed by atoms with van der Waals surface area (Å²) in [6.45, 7) is 1.20. The first-order chi connectivity index (χ1) is 8.36. The Labute approximate surface area is 100 Å². The second-order valence-electron chi connectivity index (χ2n) is 3.76. The molecule has 0 spiro atoms.